The zero-order chi connectivity index (χ0) is 12.3. The van der Waals surface area contributed by atoms with Crippen molar-refractivity contribution in [2.45, 2.75) is 0 Å². The number of aromatic carboxylic acids is 1. The second-order valence-electron chi connectivity index (χ2n) is 3.74. The second-order valence-corrected chi connectivity index (χ2v) is 3.74. The number of carboxylic acids is 1. The van der Waals surface area contributed by atoms with Gasteiger partial charge in [-0.1, -0.05) is 42.5 Å². The Bertz CT molecular complexity index is 508. The zero-order valence-electron chi connectivity index (χ0n) is 9.08. The van der Waals surface area contributed by atoms with Crippen LogP contribution in [-0.2, 0) is 0 Å². The number of hydrogen-bond acceptors (Lipinski definition) is 2. The molecule has 2 N–H and O–H groups in total. The third kappa shape index (κ3) is 2.54. The lowest BCUT2D eigenvalue weighted by Crippen LogP contribution is -2.42. The van der Waals surface area contributed by atoms with Gasteiger partial charge in [0.2, 0.25) is 0 Å². The van der Waals surface area contributed by atoms with Crippen molar-refractivity contribution in [1.29, 1.82) is 0 Å². The van der Waals surface area contributed by atoms with Crippen molar-refractivity contribution in [3.05, 3.63) is 60.2 Å². The van der Waals surface area contributed by atoms with E-state index in [9.17, 15) is 9.82 Å². The van der Waals surface area contributed by atoms with E-state index in [0.29, 0.717) is 5.46 Å². The Hall–Kier alpha value is -2.07. The van der Waals surface area contributed by atoms with Gasteiger partial charge in [-0.3, -0.25) is 0 Å². The van der Waals surface area contributed by atoms with Crippen LogP contribution in [0, 0.1) is 0 Å². The molecule has 84 valence electrons. The van der Waals surface area contributed by atoms with Crippen molar-refractivity contribution in [2.24, 2.45) is 0 Å². The van der Waals surface area contributed by atoms with Crippen molar-refractivity contribution >= 4 is 23.8 Å². The first-order chi connectivity index (χ1) is 8.18. The number of hydrogen-bond donors (Lipinski definition) is 2. The highest BCUT2D eigenvalue weighted by molar-refractivity contribution is 6.78. The maximum atomic E-state index is 10.7. The van der Waals surface area contributed by atoms with Gasteiger partial charge < -0.3 is 10.1 Å². The molecule has 3 nitrogen and oxygen atoms in total. The van der Waals surface area contributed by atoms with E-state index in [1.165, 1.54) is 12.1 Å². The number of carbonyl (C=O) groups is 1. The van der Waals surface area contributed by atoms with Gasteiger partial charge in [0, 0.05) is 0 Å². The van der Waals surface area contributed by atoms with E-state index in [2.05, 4.69) is 0 Å². The summed E-state index contributed by atoms with van der Waals surface area (Å²) in [6.45, 7) is -0.723. The Morgan fingerprint density at radius 3 is 1.94 bits per heavy atom. The standard InChI is InChI=1S/C13H11BO3/c15-13(16)10-6-8-12(9-7-10)14(17)11-4-2-1-3-5-11/h1-9,17H,(H,15,16). The van der Waals surface area contributed by atoms with E-state index in [0.717, 1.165) is 5.46 Å². The third-order valence-corrected chi connectivity index (χ3v) is 2.59. The maximum Gasteiger partial charge on any atom is 0.358 e. The van der Waals surface area contributed by atoms with E-state index in [1.807, 2.05) is 30.3 Å². The monoisotopic (exact) mass is 226 g/mol. The van der Waals surface area contributed by atoms with Gasteiger partial charge in [-0.25, -0.2) is 4.79 Å². The molecule has 0 fully saturated rings. The summed E-state index contributed by atoms with van der Waals surface area (Å²) in [6, 6.07) is 15.5. The molecule has 0 saturated carbocycles. The quantitative estimate of drug-likeness (QED) is 0.748. The minimum absolute atomic E-state index is 0.217. The molecule has 0 amide bonds. The molecule has 0 aliphatic carbocycles. The Labute approximate surface area is 99.5 Å². The molecule has 0 unspecified atom stereocenters. The lowest BCUT2D eigenvalue weighted by atomic mass is 9.56. The minimum Gasteiger partial charge on any atom is -0.478 e. The van der Waals surface area contributed by atoms with Gasteiger partial charge in [0.1, 0.15) is 0 Å². The van der Waals surface area contributed by atoms with Crippen LogP contribution in [0.15, 0.2) is 54.6 Å². The molecule has 2 rings (SSSR count). The van der Waals surface area contributed by atoms with Crippen LogP contribution in [0.5, 0.6) is 0 Å². The highest BCUT2D eigenvalue weighted by Gasteiger charge is 2.16. The molecule has 17 heavy (non-hydrogen) atoms. The topological polar surface area (TPSA) is 57.5 Å². The van der Waals surface area contributed by atoms with Crippen molar-refractivity contribution in [2.75, 3.05) is 0 Å². The predicted molar refractivity (Wildman–Crippen MR) is 67.1 cm³/mol. The molecule has 0 radical (unpaired) electrons. The molecule has 0 bridgehead atoms. The second kappa shape index (κ2) is 4.85. The summed E-state index contributed by atoms with van der Waals surface area (Å²) in [5, 5.41) is 18.8. The third-order valence-electron chi connectivity index (χ3n) is 2.59. The van der Waals surface area contributed by atoms with Crippen LogP contribution in [0.25, 0.3) is 0 Å². The van der Waals surface area contributed by atoms with E-state index in [1.54, 1.807) is 12.1 Å². The van der Waals surface area contributed by atoms with Crippen molar-refractivity contribution in [1.82, 2.24) is 0 Å². The first kappa shape index (κ1) is 11.4. The van der Waals surface area contributed by atoms with Crippen LogP contribution in [0.4, 0.5) is 0 Å². The largest absolute Gasteiger partial charge is 0.478 e. The lowest BCUT2D eigenvalue weighted by molar-refractivity contribution is 0.0697. The van der Waals surface area contributed by atoms with Gasteiger partial charge in [0.25, 0.3) is 0 Å². The first-order valence-corrected chi connectivity index (χ1v) is 5.25. The van der Waals surface area contributed by atoms with E-state index in [-0.39, 0.29) is 5.56 Å². The van der Waals surface area contributed by atoms with Crippen LogP contribution < -0.4 is 10.9 Å². The molecule has 0 aliphatic heterocycles. The Morgan fingerprint density at radius 2 is 1.41 bits per heavy atom. The molecule has 0 aliphatic rings. The Balaban J connectivity index is 2.26. The van der Waals surface area contributed by atoms with Gasteiger partial charge in [-0.2, -0.15) is 0 Å². The number of benzene rings is 2. The Kier molecular flexibility index (Phi) is 3.26. The fourth-order valence-electron chi connectivity index (χ4n) is 1.64. The van der Waals surface area contributed by atoms with Crippen LogP contribution in [-0.4, -0.2) is 23.0 Å². The van der Waals surface area contributed by atoms with Crippen molar-refractivity contribution in [3.8, 4) is 0 Å². The number of rotatable bonds is 3. The molecule has 0 saturated heterocycles. The summed E-state index contributed by atoms with van der Waals surface area (Å²) in [6.07, 6.45) is 0. The molecule has 0 heterocycles. The minimum atomic E-state index is -0.967. The average Bonchev–Trinajstić information content (AvgIpc) is 2.39. The predicted octanol–water partition coefficient (Wildman–Crippen LogP) is 0.483. The first-order valence-electron chi connectivity index (χ1n) is 5.25. The highest BCUT2D eigenvalue weighted by atomic mass is 16.4. The zero-order valence-corrected chi connectivity index (χ0v) is 9.08. The summed E-state index contributed by atoms with van der Waals surface area (Å²) in [4.78, 5) is 10.7. The molecule has 0 spiro atoms. The van der Waals surface area contributed by atoms with E-state index >= 15 is 0 Å². The van der Waals surface area contributed by atoms with E-state index < -0.39 is 12.9 Å². The van der Waals surface area contributed by atoms with Crippen LogP contribution in [0.3, 0.4) is 0 Å². The Morgan fingerprint density at radius 1 is 0.882 bits per heavy atom. The molecule has 4 heteroatoms. The summed E-state index contributed by atoms with van der Waals surface area (Å²) in [7, 11) is 0. The van der Waals surface area contributed by atoms with Gasteiger partial charge >= 0.3 is 12.9 Å². The van der Waals surface area contributed by atoms with Gasteiger partial charge in [0.15, 0.2) is 0 Å². The molecule has 2 aromatic carbocycles. The van der Waals surface area contributed by atoms with E-state index in [4.69, 9.17) is 5.11 Å². The molecular formula is C13H11BO3. The van der Waals surface area contributed by atoms with Crippen LogP contribution in [0.1, 0.15) is 10.4 Å². The normalized spacial score (nSPS) is 9.94. The van der Waals surface area contributed by atoms with Crippen molar-refractivity contribution < 1.29 is 14.9 Å². The number of carboxylic acid groups (broad SMARTS) is 1. The lowest BCUT2D eigenvalue weighted by Gasteiger charge is -2.07. The molecule has 2 aromatic rings. The fraction of sp³-hybridized carbons (Fsp3) is 0. The highest BCUT2D eigenvalue weighted by Crippen LogP contribution is 1.97. The van der Waals surface area contributed by atoms with Crippen LogP contribution >= 0.6 is 0 Å². The molecule has 0 atom stereocenters. The summed E-state index contributed by atoms with van der Waals surface area (Å²) >= 11 is 0. The SMILES string of the molecule is O=C(O)c1ccc(B(O)c2ccccc2)cc1. The fourth-order valence-corrected chi connectivity index (χ4v) is 1.64. The molecular weight excluding hydrogens is 215 g/mol. The van der Waals surface area contributed by atoms with Gasteiger partial charge in [-0.05, 0) is 23.1 Å². The van der Waals surface area contributed by atoms with Gasteiger partial charge in [-0.15, -0.1) is 0 Å². The summed E-state index contributed by atoms with van der Waals surface area (Å²) in [5.41, 5.74) is 1.69. The van der Waals surface area contributed by atoms with Gasteiger partial charge in [0.05, 0.1) is 5.56 Å². The average molecular weight is 226 g/mol. The smallest absolute Gasteiger partial charge is 0.358 e. The maximum absolute atomic E-state index is 10.7. The molecule has 0 aromatic heterocycles. The summed E-state index contributed by atoms with van der Waals surface area (Å²) < 4.78 is 0. The summed E-state index contributed by atoms with van der Waals surface area (Å²) in [5.74, 6) is -0.967. The van der Waals surface area contributed by atoms with Crippen molar-refractivity contribution in [3.63, 3.8) is 0 Å². The van der Waals surface area contributed by atoms with Crippen LogP contribution in [0.2, 0.25) is 0 Å².